The van der Waals surface area contributed by atoms with Gasteiger partial charge in [-0.15, -0.1) is 0 Å². The second kappa shape index (κ2) is 7.17. The van der Waals surface area contributed by atoms with E-state index < -0.39 is 30.0 Å². The summed E-state index contributed by atoms with van der Waals surface area (Å²) in [6.07, 6.45) is 8.39. The van der Waals surface area contributed by atoms with Gasteiger partial charge in [0.15, 0.2) is 17.6 Å². The fraction of sp³-hybridized carbons (Fsp3) is 0.789. The highest BCUT2D eigenvalue weighted by Crippen LogP contribution is 2.49. The SMILES string of the molecule is CCCCOC1C[C@H]2C(=O)N[C@](CO)(C(=O)[C@@H]3C=CCCC3)[C@@]2(C)O1. The molecule has 25 heavy (non-hydrogen) atoms. The first-order chi connectivity index (χ1) is 12.0. The number of hydrogen-bond acceptors (Lipinski definition) is 5. The number of Topliss-reactive ketones (excluding diaryl/α,β-unsaturated/α-hetero) is 1. The molecule has 1 unspecified atom stereocenters. The molecule has 2 N–H and O–H groups in total. The predicted molar refractivity (Wildman–Crippen MR) is 91.7 cm³/mol. The quantitative estimate of drug-likeness (QED) is 0.539. The van der Waals surface area contributed by atoms with Crippen molar-refractivity contribution >= 4 is 11.7 Å². The van der Waals surface area contributed by atoms with Gasteiger partial charge in [0.25, 0.3) is 0 Å². The predicted octanol–water partition coefficient (Wildman–Crippen LogP) is 1.71. The number of nitrogens with one attached hydrogen (secondary N) is 1. The average molecular weight is 351 g/mol. The van der Waals surface area contributed by atoms with Gasteiger partial charge in [-0.2, -0.15) is 0 Å². The number of ether oxygens (including phenoxy) is 2. The molecule has 0 bridgehead atoms. The van der Waals surface area contributed by atoms with E-state index >= 15 is 0 Å². The Bertz CT molecular complexity index is 562. The lowest BCUT2D eigenvalue weighted by atomic mass is 9.70. The molecule has 1 aliphatic carbocycles. The van der Waals surface area contributed by atoms with E-state index in [1.165, 1.54) is 0 Å². The van der Waals surface area contributed by atoms with E-state index in [2.05, 4.69) is 12.2 Å². The van der Waals surface area contributed by atoms with Gasteiger partial charge in [0, 0.05) is 18.9 Å². The van der Waals surface area contributed by atoms with Gasteiger partial charge in [0.2, 0.25) is 5.91 Å². The zero-order valence-corrected chi connectivity index (χ0v) is 15.1. The van der Waals surface area contributed by atoms with Gasteiger partial charge in [-0.1, -0.05) is 25.5 Å². The van der Waals surface area contributed by atoms with Gasteiger partial charge < -0.3 is 19.9 Å². The third-order valence-corrected chi connectivity index (χ3v) is 6.02. The van der Waals surface area contributed by atoms with Crippen LogP contribution in [0.15, 0.2) is 12.2 Å². The Hall–Kier alpha value is -1.24. The molecule has 0 spiro atoms. The van der Waals surface area contributed by atoms with E-state index in [-0.39, 0.29) is 17.6 Å². The van der Waals surface area contributed by atoms with E-state index in [0.29, 0.717) is 13.0 Å². The van der Waals surface area contributed by atoms with E-state index in [1.807, 2.05) is 12.2 Å². The van der Waals surface area contributed by atoms with Gasteiger partial charge in [0.05, 0.1) is 12.5 Å². The number of carbonyl (C=O) groups is 2. The molecule has 2 aliphatic heterocycles. The number of rotatable bonds is 7. The standard InChI is InChI=1S/C19H29NO5/c1-3-4-10-24-15-11-14-17(23)20-19(12-21,18(14,2)25-15)16(22)13-8-6-5-7-9-13/h6,8,13-15,21H,3-5,7,9-12H2,1-2H3,(H,20,23)/t13-,14+,15?,18+,19-/m1/s1. The third-order valence-electron chi connectivity index (χ3n) is 6.02. The lowest BCUT2D eigenvalue weighted by molar-refractivity contribution is -0.192. The second-order valence-corrected chi connectivity index (χ2v) is 7.55. The first-order valence-corrected chi connectivity index (χ1v) is 9.42. The Balaban J connectivity index is 1.84. The van der Waals surface area contributed by atoms with Crippen LogP contribution in [0.1, 0.15) is 52.4 Å². The van der Waals surface area contributed by atoms with E-state index in [9.17, 15) is 14.7 Å². The number of amides is 1. The fourth-order valence-corrected chi connectivity index (χ4v) is 4.39. The zero-order valence-electron chi connectivity index (χ0n) is 15.1. The Kier molecular flexibility index (Phi) is 5.32. The number of ketones is 1. The molecule has 0 aromatic heterocycles. The van der Waals surface area contributed by atoms with Crippen molar-refractivity contribution in [3.05, 3.63) is 12.2 Å². The number of aliphatic hydroxyl groups excluding tert-OH is 1. The molecule has 5 atom stereocenters. The van der Waals surface area contributed by atoms with Crippen molar-refractivity contribution in [1.29, 1.82) is 0 Å². The molecular weight excluding hydrogens is 322 g/mol. The molecule has 1 amide bonds. The number of hydrogen-bond donors (Lipinski definition) is 2. The van der Waals surface area contributed by atoms with Crippen molar-refractivity contribution in [2.75, 3.05) is 13.2 Å². The van der Waals surface area contributed by atoms with Crippen LogP contribution in [0, 0.1) is 11.8 Å². The van der Waals surface area contributed by atoms with Gasteiger partial charge in [-0.3, -0.25) is 9.59 Å². The number of aliphatic hydroxyl groups is 1. The lowest BCUT2D eigenvalue weighted by Gasteiger charge is -2.41. The molecule has 6 heteroatoms. The van der Waals surface area contributed by atoms with E-state index in [1.54, 1.807) is 6.92 Å². The minimum absolute atomic E-state index is 0.154. The first kappa shape index (κ1) is 18.5. The zero-order chi connectivity index (χ0) is 18.1. The Morgan fingerprint density at radius 1 is 1.52 bits per heavy atom. The minimum atomic E-state index is -1.40. The summed E-state index contributed by atoms with van der Waals surface area (Å²) in [6, 6.07) is 0. The van der Waals surface area contributed by atoms with Crippen molar-refractivity contribution in [3.8, 4) is 0 Å². The van der Waals surface area contributed by atoms with Gasteiger partial charge in [-0.25, -0.2) is 0 Å². The van der Waals surface area contributed by atoms with Gasteiger partial charge in [-0.05, 0) is 32.6 Å². The number of allylic oxidation sites excluding steroid dienone is 2. The summed E-state index contributed by atoms with van der Waals surface area (Å²) in [5, 5.41) is 13.0. The largest absolute Gasteiger partial charge is 0.393 e. The molecule has 0 radical (unpaired) electrons. The van der Waals surface area contributed by atoms with Crippen LogP contribution in [-0.4, -0.2) is 47.4 Å². The molecule has 0 aromatic carbocycles. The summed E-state index contributed by atoms with van der Waals surface area (Å²) in [5.74, 6) is -1.16. The van der Waals surface area contributed by atoms with E-state index in [4.69, 9.17) is 9.47 Å². The van der Waals surface area contributed by atoms with Crippen molar-refractivity contribution in [2.24, 2.45) is 11.8 Å². The fourth-order valence-electron chi connectivity index (χ4n) is 4.39. The van der Waals surface area contributed by atoms with Crippen LogP contribution >= 0.6 is 0 Å². The lowest BCUT2D eigenvalue weighted by Crippen LogP contribution is -2.66. The van der Waals surface area contributed by atoms with Crippen molar-refractivity contribution in [3.63, 3.8) is 0 Å². The topological polar surface area (TPSA) is 84.9 Å². The molecule has 140 valence electrons. The van der Waals surface area contributed by atoms with E-state index in [0.717, 1.165) is 32.1 Å². The average Bonchev–Trinajstić information content (AvgIpc) is 3.07. The summed E-state index contributed by atoms with van der Waals surface area (Å²) < 4.78 is 11.8. The molecule has 2 fully saturated rings. The number of fused-ring (bicyclic) bond motifs is 1. The first-order valence-electron chi connectivity index (χ1n) is 9.42. The highest BCUT2D eigenvalue weighted by Gasteiger charge is 2.70. The van der Waals surface area contributed by atoms with Crippen LogP contribution in [0.5, 0.6) is 0 Å². The van der Waals surface area contributed by atoms with Crippen LogP contribution in [0.2, 0.25) is 0 Å². The molecule has 2 saturated heterocycles. The van der Waals surface area contributed by atoms with Crippen LogP contribution in [0.3, 0.4) is 0 Å². The van der Waals surface area contributed by atoms with Gasteiger partial charge >= 0.3 is 0 Å². The van der Waals surface area contributed by atoms with Gasteiger partial charge in [0.1, 0.15) is 5.60 Å². The molecule has 0 saturated carbocycles. The molecule has 3 rings (SSSR count). The van der Waals surface area contributed by atoms with Crippen LogP contribution in [0.4, 0.5) is 0 Å². The molecule has 0 aromatic rings. The summed E-state index contributed by atoms with van der Waals surface area (Å²) >= 11 is 0. The van der Waals surface area contributed by atoms with Crippen LogP contribution in [0.25, 0.3) is 0 Å². The molecular formula is C19H29NO5. The third kappa shape index (κ3) is 2.94. The monoisotopic (exact) mass is 351 g/mol. The highest BCUT2D eigenvalue weighted by molar-refractivity contribution is 6.01. The van der Waals surface area contributed by atoms with Crippen molar-refractivity contribution < 1.29 is 24.2 Å². The molecule has 6 nitrogen and oxygen atoms in total. The number of carbonyl (C=O) groups excluding carboxylic acids is 2. The molecule has 2 heterocycles. The molecule has 3 aliphatic rings. The summed E-state index contributed by atoms with van der Waals surface area (Å²) in [7, 11) is 0. The summed E-state index contributed by atoms with van der Waals surface area (Å²) in [5.41, 5.74) is -2.48. The maximum Gasteiger partial charge on any atom is 0.227 e. The van der Waals surface area contributed by atoms with Crippen LogP contribution < -0.4 is 5.32 Å². The highest BCUT2D eigenvalue weighted by atomic mass is 16.7. The normalized spacial score (nSPS) is 40.1. The second-order valence-electron chi connectivity index (χ2n) is 7.55. The summed E-state index contributed by atoms with van der Waals surface area (Å²) in [6.45, 7) is 3.95. The smallest absolute Gasteiger partial charge is 0.227 e. The van der Waals surface area contributed by atoms with Crippen LogP contribution in [-0.2, 0) is 19.1 Å². The number of unbranched alkanes of at least 4 members (excludes halogenated alkanes) is 1. The maximum absolute atomic E-state index is 13.3. The van der Waals surface area contributed by atoms with Crippen molar-refractivity contribution in [2.45, 2.75) is 69.8 Å². The Morgan fingerprint density at radius 3 is 2.96 bits per heavy atom. The summed E-state index contributed by atoms with van der Waals surface area (Å²) in [4.78, 5) is 25.8. The minimum Gasteiger partial charge on any atom is -0.393 e. The maximum atomic E-state index is 13.3. The van der Waals surface area contributed by atoms with Crippen molar-refractivity contribution in [1.82, 2.24) is 5.32 Å². The Morgan fingerprint density at radius 2 is 2.32 bits per heavy atom. The Labute approximate surface area is 148 Å².